The molecule has 0 saturated carbocycles. The molecule has 3 nitrogen and oxygen atoms in total. The number of thiophene rings is 1. The Morgan fingerprint density at radius 3 is 2.48 bits per heavy atom. The molecule has 0 N–H and O–H groups in total. The Bertz CT molecular complexity index is 1020. The molecule has 0 atom stereocenters. The zero-order valence-electron chi connectivity index (χ0n) is 14.0. The average molecular weight is 414 g/mol. The molecule has 0 bridgehead atoms. The molecular formula is C21H13Cl2NO2S. The van der Waals surface area contributed by atoms with Gasteiger partial charge in [0.1, 0.15) is 24.0 Å². The van der Waals surface area contributed by atoms with Crippen LogP contribution in [0.15, 0.2) is 65.6 Å². The highest BCUT2D eigenvalue weighted by atomic mass is 35.5. The number of halogens is 2. The lowest BCUT2D eigenvalue weighted by atomic mass is 10.1. The summed E-state index contributed by atoms with van der Waals surface area (Å²) < 4.78 is 5.87. The number of nitriles is 1. The van der Waals surface area contributed by atoms with Crippen molar-refractivity contribution < 1.29 is 9.53 Å². The van der Waals surface area contributed by atoms with E-state index in [-0.39, 0.29) is 18.0 Å². The molecule has 0 saturated heterocycles. The number of allylic oxidation sites excluding steroid dienone is 1. The maximum atomic E-state index is 12.5. The van der Waals surface area contributed by atoms with Crippen molar-refractivity contribution in [2.75, 3.05) is 0 Å². The fraction of sp³-hybridized carbons (Fsp3) is 0.0476. The van der Waals surface area contributed by atoms with Gasteiger partial charge in [0.05, 0.1) is 4.88 Å². The van der Waals surface area contributed by atoms with Crippen molar-refractivity contribution in [3.63, 3.8) is 0 Å². The third kappa shape index (κ3) is 4.58. The van der Waals surface area contributed by atoms with Gasteiger partial charge in [-0.15, -0.1) is 11.3 Å². The number of ether oxygens (including phenoxy) is 1. The molecule has 1 aromatic heterocycles. The van der Waals surface area contributed by atoms with Gasteiger partial charge in [-0.1, -0.05) is 53.5 Å². The second-order valence-corrected chi connectivity index (χ2v) is 7.27. The first kappa shape index (κ1) is 19.2. The summed E-state index contributed by atoms with van der Waals surface area (Å²) >= 11 is 13.7. The van der Waals surface area contributed by atoms with E-state index < -0.39 is 0 Å². The number of benzene rings is 2. The van der Waals surface area contributed by atoms with Crippen LogP contribution in [0.1, 0.15) is 20.8 Å². The van der Waals surface area contributed by atoms with E-state index in [4.69, 9.17) is 27.9 Å². The molecule has 0 unspecified atom stereocenters. The highest BCUT2D eigenvalue weighted by molar-refractivity contribution is 7.12. The van der Waals surface area contributed by atoms with Crippen LogP contribution in [-0.2, 0) is 6.61 Å². The van der Waals surface area contributed by atoms with E-state index in [1.165, 1.54) is 17.4 Å². The highest BCUT2D eigenvalue weighted by Crippen LogP contribution is 2.28. The third-order valence-corrected chi connectivity index (χ3v) is 5.34. The van der Waals surface area contributed by atoms with E-state index in [1.54, 1.807) is 47.8 Å². The Labute approximate surface area is 171 Å². The third-order valence-electron chi connectivity index (χ3n) is 3.76. The van der Waals surface area contributed by atoms with E-state index >= 15 is 0 Å². The Morgan fingerprint density at radius 1 is 1.07 bits per heavy atom. The van der Waals surface area contributed by atoms with Crippen LogP contribution in [-0.4, -0.2) is 5.78 Å². The number of hydrogen-bond acceptors (Lipinski definition) is 4. The fourth-order valence-corrected chi connectivity index (χ4v) is 3.58. The van der Waals surface area contributed by atoms with Crippen LogP contribution in [0.2, 0.25) is 10.0 Å². The van der Waals surface area contributed by atoms with Gasteiger partial charge in [-0.25, -0.2) is 0 Å². The molecule has 0 spiro atoms. The molecule has 27 heavy (non-hydrogen) atoms. The van der Waals surface area contributed by atoms with Crippen molar-refractivity contribution >= 4 is 46.4 Å². The quantitative estimate of drug-likeness (QED) is 0.266. The maximum Gasteiger partial charge on any atom is 0.213 e. The van der Waals surface area contributed by atoms with Crippen molar-refractivity contribution in [2.24, 2.45) is 0 Å². The zero-order valence-corrected chi connectivity index (χ0v) is 16.3. The van der Waals surface area contributed by atoms with Gasteiger partial charge in [-0.3, -0.25) is 4.79 Å². The molecule has 1 heterocycles. The van der Waals surface area contributed by atoms with Crippen molar-refractivity contribution in [3.8, 4) is 11.8 Å². The van der Waals surface area contributed by atoms with Gasteiger partial charge in [0.25, 0.3) is 0 Å². The normalized spacial score (nSPS) is 11.1. The molecule has 6 heteroatoms. The number of rotatable bonds is 6. The van der Waals surface area contributed by atoms with Gasteiger partial charge >= 0.3 is 0 Å². The molecule has 2 aromatic carbocycles. The van der Waals surface area contributed by atoms with E-state index in [2.05, 4.69) is 0 Å². The minimum Gasteiger partial charge on any atom is -0.488 e. The predicted molar refractivity (Wildman–Crippen MR) is 109 cm³/mol. The number of carbonyl (C=O) groups is 1. The summed E-state index contributed by atoms with van der Waals surface area (Å²) in [4.78, 5) is 13.0. The van der Waals surface area contributed by atoms with Crippen LogP contribution in [0.25, 0.3) is 6.08 Å². The topological polar surface area (TPSA) is 50.1 Å². The van der Waals surface area contributed by atoms with E-state index in [0.717, 1.165) is 0 Å². The summed E-state index contributed by atoms with van der Waals surface area (Å²) in [5, 5.41) is 12.2. The lowest BCUT2D eigenvalue weighted by molar-refractivity contribution is 0.104. The first-order chi connectivity index (χ1) is 13.1. The number of Topliss-reactive ketones (excluding diaryl/α,β-unsaturated/α-hetero) is 1. The smallest absolute Gasteiger partial charge is 0.213 e. The number of para-hydroxylation sites is 1. The lowest BCUT2D eigenvalue weighted by Gasteiger charge is -2.11. The molecule has 3 aromatic rings. The molecule has 0 aliphatic carbocycles. The Kier molecular flexibility index (Phi) is 6.31. The molecule has 0 aliphatic heterocycles. The van der Waals surface area contributed by atoms with Crippen LogP contribution in [0.4, 0.5) is 0 Å². The monoisotopic (exact) mass is 413 g/mol. The molecule has 0 fully saturated rings. The van der Waals surface area contributed by atoms with Gasteiger partial charge in [-0.05, 0) is 35.7 Å². The number of nitrogens with zero attached hydrogens (tertiary/aromatic N) is 1. The Morgan fingerprint density at radius 2 is 1.81 bits per heavy atom. The first-order valence-electron chi connectivity index (χ1n) is 7.95. The molecule has 0 aliphatic rings. The number of carbonyl (C=O) groups excluding carboxylic acids is 1. The van der Waals surface area contributed by atoms with Crippen LogP contribution in [0, 0.1) is 11.3 Å². The van der Waals surface area contributed by atoms with Crippen molar-refractivity contribution in [2.45, 2.75) is 6.61 Å². The van der Waals surface area contributed by atoms with Crippen molar-refractivity contribution in [3.05, 3.63) is 91.6 Å². The van der Waals surface area contributed by atoms with Crippen LogP contribution >= 0.6 is 34.5 Å². The van der Waals surface area contributed by atoms with Crippen LogP contribution < -0.4 is 4.74 Å². The van der Waals surface area contributed by atoms with Crippen LogP contribution in [0.3, 0.4) is 0 Å². The minimum atomic E-state index is -0.309. The van der Waals surface area contributed by atoms with Crippen molar-refractivity contribution in [1.82, 2.24) is 0 Å². The molecule has 0 amide bonds. The molecule has 0 radical (unpaired) electrons. The number of hydrogen-bond donors (Lipinski definition) is 0. The van der Waals surface area contributed by atoms with Crippen molar-refractivity contribution in [1.29, 1.82) is 5.26 Å². The van der Waals surface area contributed by atoms with Crippen LogP contribution in [0.5, 0.6) is 5.75 Å². The second-order valence-electron chi connectivity index (χ2n) is 5.50. The summed E-state index contributed by atoms with van der Waals surface area (Å²) in [5.74, 6) is 0.219. The predicted octanol–water partition coefficient (Wildman–Crippen LogP) is 6.42. The lowest BCUT2D eigenvalue weighted by Crippen LogP contribution is -2.01. The van der Waals surface area contributed by atoms with Gasteiger partial charge in [0.2, 0.25) is 5.78 Å². The largest absolute Gasteiger partial charge is 0.488 e. The summed E-state index contributed by atoms with van der Waals surface area (Å²) in [6, 6.07) is 17.9. The van der Waals surface area contributed by atoms with E-state index in [1.807, 2.05) is 18.2 Å². The van der Waals surface area contributed by atoms with Gasteiger partial charge in [0.15, 0.2) is 0 Å². The van der Waals surface area contributed by atoms with Gasteiger partial charge in [0, 0.05) is 21.2 Å². The fourth-order valence-electron chi connectivity index (χ4n) is 2.40. The molecule has 134 valence electrons. The summed E-state index contributed by atoms with van der Waals surface area (Å²) in [6.07, 6.45) is 1.53. The molecular weight excluding hydrogens is 401 g/mol. The van der Waals surface area contributed by atoms with Gasteiger partial charge < -0.3 is 4.74 Å². The summed E-state index contributed by atoms with van der Waals surface area (Å²) in [7, 11) is 0. The Hall–Kier alpha value is -2.58. The Balaban J connectivity index is 1.87. The standard InChI is InChI=1S/C21H13Cl2NO2S/c22-17-6-3-7-18(23)16(17)13-26-19-8-2-1-5-14(19)11-15(12-24)21(25)20-9-4-10-27-20/h1-11H,13H2/b15-11+. The van der Waals surface area contributed by atoms with Gasteiger partial charge in [-0.2, -0.15) is 5.26 Å². The zero-order chi connectivity index (χ0) is 19.2. The molecule has 3 rings (SSSR count). The first-order valence-corrected chi connectivity index (χ1v) is 9.58. The maximum absolute atomic E-state index is 12.5. The second kappa shape index (κ2) is 8.88. The number of ketones is 1. The van der Waals surface area contributed by atoms with E-state index in [9.17, 15) is 10.1 Å². The summed E-state index contributed by atoms with van der Waals surface area (Å²) in [5.41, 5.74) is 1.35. The highest BCUT2D eigenvalue weighted by Gasteiger charge is 2.14. The summed E-state index contributed by atoms with van der Waals surface area (Å²) in [6.45, 7) is 0.171. The minimum absolute atomic E-state index is 0.0456. The SMILES string of the molecule is N#C/C(=C\c1ccccc1OCc1c(Cl)cccc1Cl)C(=O)c1cccs1. The van der Waals surface area contributed by atoms with E-state index in [0.29, 0.717) is 31.8 Å². The average Bonchev–Trinajstić information content (AvgIpc) is 3.21.